The number of benzene rings is 2. The van der Waals surface area contributed by atoms with Crippen LogP contribution in [0.2, 0.25) is 0 Å². The van der Waals surface area contributed by atoms with Crippen LogP contribution in [-0.2, 0) is 27.0 Å². The highest BCUT2D eigenvalue weighted by Gasteiger charge is 2.52. The van der Waals surface area contributed by atoms with E-state index in [0.29, 0.717) is 40.3 Å². The van der Waals surface area contributed by atoms with Crippen LogP contribution in [-0.4, -0.2) is 60.2 Å². The second kappa shape index (κ2) is 11.5. The van der Waals surface area contributed by atoms with Crippen LogP contribution in [0.1, 0.15) is 46.6 Å². The summed E-state index contributed by atoms with van der Waals surface area (Å²) in [5, 5.41) is 4.52. The summed E-state index contributed by atoms with van der Waals surface area (Å²) >= 11 is 0. The summed E-state index contributed by atoms with van der Waals surface area (Å²) in [6.07, 6.45) is 0.766. The van der Waals surface area contributed by atoms with Gasteiger partial charge >= 0.3 is 6.18 Å². The number of aromatic nitrogens is 3. The zero-order valence-corrected chi connectivity index (χ0v) is 25.7. The Balaban J connectivity index is 1.34. The molecule has 3 aliphatic rings. The molecule has 2 aromatic carbocycles. The molecule has 2 fully saturated rings. The summed E-state index contributed by atoms with van der Waals surface area (Å²) in [6, 6.07) is 11.8. The Morgan fingerprint density at radius 3 is 2.34 bits per heavy atom. The summed E-state index contributed by atoms with van der Waals surface area (Å²) < 4.78 is 92.1. The lowest BCUT2D eigenvalue weighted by Gasteiger charge is -2.50. The van der Waals surface area contributed by atoms with Crippen LogP contribution in [0.25, 0.3) is 11.8 Å². The Hall–Kier alpha value is -4.20. The molecule has 4 aromatic rings. The fourth-order valence-corrected chi connectivity index (χ4v) is 9.05. The molecule has 0 bridgehead atoms. The third kappa shape index (κ3) is 5.49. The van der Waals surface area contributed by atoms with E-state index in [1.807, 2.05) is 6.08 Å². The average molecular weight is 669 g/mol. The average Bonchev–Trinajstić information content (AvgIpc) is 3.43. The smallest absolute Gasteiger partial charge is 0.378 e. The van der Waals surface area contributed by atoms with E-state index in [-0.39, 0.29) is 37.8 Å². The number of pyridine rings is 1. The number of alkyl halides is 3. The number of fused-ring (bicyclic) bond motifs is 2. The van der Waals surface area contributed by atoms with Crippen LogP contribution in [0.15, 0.2) is 83.5 Å². The molecule has 0 radical (unpaired) electrons. The van der Waals surface area contributed by atoms with Gasteiger partial charge in [0.2, 0.25) is 0 Å². The monoisotopic (exact) mass is 668 g/mol. The van der Waals surface area contributed by atoms with Gasteiger partial charge < -0.3 is 4.74 Å². The molecule has 0 spiro atoms. The first-order valence-corrected chi connectivity index (χ1v) is 16.7. The zero-order valence-electron chi connectivity index (χ0n) is 24.9. The largest absolute Gasteiger partial charge is 0.416 e. The van der Waals surface area contributed by atoms with Gasteiger partial charge in [-0.15, -0.1) is 0 Å². The molecule has 3 atom stereocenters. The first-order chi connectivity index (χ1) is 22.4. The van der Waals surface area contributed by atoms with Crippen LogP contribution < -0.4 is 0 Å². The number of carbonyl (C=O) groups excluding carboxylic acids is 1. The van der Waals surface area contributed by atoms with E-state index >= 15 is 0 Å². The van der Waals surface area contributed by atoms with Crippen molar-refractivity contribution in [1.29, 1.82) is 0 Å². The fourth-order valence-electron chi connectivity index (χ4n) is 6.98. The van der Waals surface area contributed by atoms with Crippen molar-refractivity contribution in [3.8, 4) is 5.69 Å². The minimum atomic E-state index is -4.69. The maximum Gasteiger partial charge on any atom is 0.416 e. The summed E-state index contributed by atoms with van der Waals surface area (Å²) in [4.78, 5) is 19.0. The molecule has 1 aliphatic heterocycles. The molecule has 2 aliphatic carbocycles. The van der Waals surface area contributed by atoms with Crippen molar-refractivity contribution in [2.75, 3.05) is 13.2 Å². The third-order valence-corrected chi connectivity index (χ3v) is 11.6. The van der Waals surface area contributed by atoms with Gasteiger partial charge in [0, 0.05) is 17.1 Å². The van der Waals surface area contributed by atoms with Crippen molar-refractivity contribution in [2.45, 2.75) is 48.8 Å². The minimum Gasteiger partial charge on any atom is -0.378 e. The van der Waals surface area contributed by atoms with Gasteiger partial charge in [0.25, 0.3) is 0 Å². The second-order valence-electron chi connectivity index (χ2n) is 12.2. The van der Waals surface area contributed by atoms with Gasteiger partial charge in [0.15, 0.2) is 5.78 Å². The molecule has 3 heterocycles. The maximum absolute atomic E-state index is 14.6. The second-order valence-corrected chi connectivity index (χ2v) is 14.3. The van der Waals surface area contributed by atoms with Crippen LogP contribution in [0.5, 0.6) is 0 Å². The number of hydrogen-bond acceptors (Lipinski definition) is 5. The van der Waals surface area contributed by atoms with E-state index in [2.05, 4.69) is 16.0 Å². The van der Waals surface area contributed by atoms with Crippen LogP contribution in [0, 0.1) is 17.0 Å². The van der Waals surface area contributed by atoms with Crippen molar-refractivity contribution in [2.24, 2.45) is 5.41 Å². The zero-order chi connectivity index (χ0) is 33.1. The first-order valence-electron chi connectivity index (χ1n) is 15.0. The molecule has 47 heavy (non-hydrogen) atoms. The number of ether oxygens (including phenoxy) is 1. The SMILES string of the molecule is C=S(=O)(c1ccc(F)cc1)N(C1COC1)[C@H]1CCC2=Cc3c(cnn3-c3ccc(F)cc3)C[C@]2(C(=O)c2cc(C(F)(F)F)ccn2)C1. The Kier molecular flexibility index (Phi) is 7.68. The van der Waals surface area contributed by atoms with Crippen LogP contribution in [0.4, 0.5) is 22.0 Å². The Morgan fingerprint density at radius 1 is 1.02 bits per heavy atom. The van der Waals surface area contributed by atoms with E-state index < -0.39 is 50.3 Å². The Morgan fingerprint density at radius 2 is 1.70 bits per heavy atom. The highest BCUT2D eigenvalue weighted by atomic mass is 32.2. The van der Waals surface area contributed by atoms with Gasteiger partial charge in [-0.25, -0.2) is 22.0 Å². The van der Waals surface area contributed by atoms with E-state index in [1.165, 1.54) is 36.4 Å². The van der Waals surface area contributed by atoms with E-state index in [1.54, 1.807) is 27.3 Å². The molecule has 244 valence electrons. The lowest BCUT2D eigenvalue weighted by Crippen LogP contribution is -2.58. The number of ketones is 1. The molecule has 7 rings (SSSR count). The van der Waals surface area contributed by atoms with Crippen LogP contribution in [0.3, 0.4) is 0 Å². The van der Waals surface area contributed by atoms with Gasteiger partial charge in [0.1, 0.15) is 17.3 Å². The van der Waals surface area contributed by atoms with Gasteiger partial charge in [-0.3, -0.25) is 9.78 Å². The van der Waals surface area contributed by atoms with E-state index in [0.717, 1.165) is 18.3 Å². The highest BCUT2D eigenvalue weighted by Crippen LogP contribution is 2.52. The predicted octanol–water partition coefficient (Wildman–Crippen LogP) is 6.32. The van der Waals surface area contributed by atoms with Crippen molar-refractivity contribution >= 4 is 27.4 Å². The molecular weight excluding hydrogens is 639 g/mol. The van der Waals surface area contributed by atoms with Gasteiger partial charge in [-0.2, -0.15) is 18.3 Å². The lowest BCUT2D eigenvalue weighted by molar-refractivity contribution is -0.137. The fraction of sp³-hybridized carbons (Fsp3) is 0.294. The molecule has 2 aromatic heterocycles. The van der Waals surface area contributed by atoms with Crippen molar-refractivity contribution < 1.29 is 35.7 Å². The molecule has 0 N–H and O–H groups in total. The number of hydrogen-bond donors (Lipinski definition) is 0. The minimum absolute atomic E-state index is 0.104. The standard InChI is InChI=1S/C34H29F5N4O3S/c1-47(45,29-10-5-25(36)6-11-29)43(28-19-46-20-28)27-7-2-22-15-31-21(18-41-42(31)26-8-3-24(35)4-9-26)16-33(22,17-27)32(44)30-14-23(12-13-40-30)34(37,38)39/h3-6,8-15,18,27-28H,1-2,7,16-17,19-20H2/t27-,33-,47?/m0/s1. The third-order valence-electron chi connectivity index (χ3n) is 9.32. The molecule has 0 amide bonds. The van der Waals surface area contributed by atoms with Crippen molar-refractivity contribution in [3.05, 3.63) is 113 Å². The number of rotatable bonds is 7. The van der Waals surface area contributed by atoms with Crippen molar-refractivity contribution in [1.82, 2.24) is 19.1 Å². The summed E-state index contributed by atoms with van der Waals surface area (Å²) in [7, 11) is -3.21. The number of nitrogens with zero attached hydrogens (tertiary/aromatic N) is 4. The van der Waals surface area contributed by atoms with Crippen LogP contribution >= 0.6 is 0 Å². The van der Waals surface area contributed by atoms with Crippen molar-refractivity contribution in [3.63, 3.8) is 0 Å². The molecule has 7 nitrogen and oxygen atoms in total. The molecule has 1 saturated heterocycles. The van der Waals surface area contributed by atoms with E-state index in [9.17, 15) is 31.0 Å². The number of halogens is 5. The van der Waals surface area contributed by atoms with Gasteiger partial charge in [-0.1, -0.05) is 5.57 Å². The maximum atomic E-state index is 14.6. The highest BCUT2D eigenvalue weighted by molar-refractivity contribution is 7.98. The normalized spacial score (nSPS) is 22.5. The van der Waals surface area contributed by atoms with Gasteiger partial charge in [-0.05, 0) is 104 Å². The number of allylic oxidation sites excluding steroid dienone is 1. The number of carbonyl (C=O) groups is 1. The topological polar surface area (TPSA) is 77.3 Å². The number of Topliss-reactive ketones (excluding diaryl/α,β-unsaturated/α-hetero) is 1. The first kappa shape index (κ1) is 31.4. The molecular formula is C34H29F5N4O3S. The Bertz CT molecular complexity index is 1990. The predicted molar refractivity (Wildman–Crippen MR) is 165 cm³/mol. The molecule has 13 heteroatoms. The molecule has 1 saturated carbocycles. The Labute approximate surface area is 267 Å². The summed E-state index contributed by atoms with van der Waals surface area (Å²) in [5.41, 5.74) is -0.0108. The molecule has 1 unspecified atom stereocenters. The lowest BCUT2D eigenvalue weighted by atomic mass is 9.60. The summed E-state index contributed by atoms with van der Waals surface area (Å²) in [5.74, 6) is 2.61. The van der Waals surface area contributed by atoms with Gasteiger partial charge in [0.05, 0.1) is 57.5 Å². The quantitative estimate of drug-likeness (QED) is 0.131. The van der Waals surface area contributed by atoms with E-state index in [4.69, 9.17) is 4.74 Å². The summed E-state index contributed by atoms with van der Waals surface area (Å²) in [6.45, 7) is 0.551.